The van der Waals surface area contributed by atoms with Crippen LogP contribution in [0, 0.1) is 5.41 Å². The Balaban J connectivity index is 2.18. The van der Waals surface area contributed by atoms with E-state index in [0.717, 1.165) is 11.4 Å². The molecule has 186 valence electrons. The van der Waals surface area contributed by atoms with E-state index in [4.69, 9.17) is 18.9 Å². The van der Waals surface area contributed by atoms with E-state index in [1.54, 1.807) is 32.0 Å². The van der Waals surface area contributed by atoms with E-state index in [9.17, 15) is 9.59 Å². The lowest BCUT2D eigenvalue weighted by molar-refractivity contribution is -0.138. The molecule has 3 rings (SSSR count). The molecular weight excluding hydrogens is 454 g/mol. The summed E-state index contributed by atoms with van der Waals surface area (Å²) < 4.78 is 22.5. The van der Waals surface area contributed by atoms with Crippen LogP contribution in [0.1, 0.15) is 52.0 Å². The van der Waals surface area contributed by atoms with E-state index in [0.29, 0.717) is 64.9 Å². The van der Waals surface area contributed by atoms with Gasteiger partial charge in [0, 0.05) is 34.7 Å². The molecule has 0 saturated carbocycles. The van der Waals surface area contributed by atoms with Gasteiger partial charge in [-0.3, -0.25) is 4.79 Å². The Hall–Kier alpha value is -2.61. The minimum absolute atomic E-state index is 0.0138. The monoisotopic (exact) mass is 489 g/mol. The highest BCUT2D eigenvalue weighted by Gasteiger charge is 2.44. The molecule has 1 aromatic carbocycles. The highest BCUT2D eigenvalue weighted by atomic mass is 32.2. The molecule has 0 radical (unpaired) electrons. The van der Waals surface area contributed by atoms with Crippen LogP contribution in [0.3, 0.4) is 0 Å². The molecule has 34 heavy (non-hydrogen) atoms. The van der Waals surface area contributed by atoms with Crippen LogP contribution in [0.25, 0.3) is 0 Å². The predicted molar refractivity (Wildman–Crippen MR) is 134 cm³/mol. The minimum Gasteiger partial charge on any atom is -0.493 e. The van der Waals surface area contributed by atoms with Crippen LogP contribution in [0.2, 0.25) is 0 Å². The predicted octanol–water partition coefficient (Wildman–Crippen LogP) is 4.61. The van der Waals surface area contributed by atoms with Crippen molar-refractivity contribution in [1.82, 2.24) is 5.32 Å². The van der Waals surface area contributed by atoms with Gasteiger partial charge in [-0.2, -0.15) is 11.8 Å². The third kappa shape index (κ3) is 5.06. The fourth-order valence-corrected chi connectivity index (χ4v) is 5.27. The van der Waals surface area contributed by atoms with E-state index >= 15 is 0 Å². The second-order valence-corrected chi connectivity index (χ2v) is 10.6. The number of Topliss-reactive ketones (excluding diaryl/α,β-unsaturated/α-hetero) is 1. The third-order valence-corrected chi connectivity index (χ3v) is 7.03. The molecule has 0 bridgehead atoms. The number of ether oxygens (including phenoxy) is 4. The van der Waals surface area contributed by atoms with Crippen molar-refractivity contribution < 1.29 is 28.5 Å². The summed E-state index contributed by atoms with van der Waals surface area (Å²) in [7, 11) is 4.63. The summed E-state index contributed by atoms with van der Waals surface area (Å²) in [5, 5.41) is 3.36. The molecule has 0 fully saturated rings. The normalized spacial score (nSPS) is 19.4. The van der Waals surface area contributed by atoms with E-state index in [1.807, 2.05) is 13.0 Å². The van der Waals surface area contributed by atoms with Gasteiger partial charge in [0.15, 0.2) is 17.3 Å². The van der Waals surface area contributed by atoms with Crippen LogP contribution in [0.4, 0.5) is 0 Å². The molecular formula is C26H35NO6S. The number of esters is 1. The van der Waals surface area contributed by atoms with E-state index in [2.05, 4.69) is 26.1 Å². The maximum absolute atomic E-state index is 13.5. The second-order valence-electron chi connectivity index (χ2n) is 9.19. The quantitative estimate of drug-likeness (QED) is 0.398. The molecule has 0 aromatic heterocycles. The molecule has 7 nitrogen and oxygen atoms in total. The smallest absolute Gasteiger partial charge is 0.336 e. The van der Waals surface area contributed by atoms with E-state index in [1.165, 1.54) is 7.11 Å². The SMILES string of the molecule is CCSCCOC(=O)C1=C(C)NC2=C(C(=O)CC(C)(C)C2)C1c1ccc(OC)c(OC)c1OC. The molecule has 1 aliphatic carbocycles. The first-order valence-corrected chi connectivity index (χ1v) is 12.6. The number of hydrogen-bond acceptors (Lipinski definition) is 8. The maximum Gasteiger partial charge on any atom is 0.336 e. The second kappa shape index (κ2) is 10.8. The number of allylic oxidation sites excluding steroid dienone is 3. The van der Waals surface area contributed by atoms with Crippen molar-refractivity contribution in [3.05, 3.63) is 40.2 Å². The fraction of sp³-hybridized carbons (Fsp3) is 0.538. The zero-order valence-corrected chi connectivity index (χ0v) is 21.9. The Morgan fingerprint density at radius 3 is 2.44 bits per heavy atom. The van der Waals surface area contributed by atoms with Crippen LogP contribution in [-0.4, -0.2) is 51.2 Å². The van der Waals surface area contributed by atoms with Crippen molar-refractivity contribution in [3.63, 3.8) is 0 Å². The lowest BCUT2D eigenvalue weighted by Gasteiger charge is -2.39. The third-order valence-electron chi connectivity index (χ3n) is 6.17. The van der Waals surface area contributed by atoms with Gasteiger partial charge >= 0.3 is 5.97 Å². The molecule has 1 aliphatic heterocycles. The van der Waals surface area contributed by atoms with Gasteiger partial charge in [0.1, 0.15) is 6.61 Å². The Labute approximate surface area is 206 Å². The van der Waals surface area contributed by atoms with Gasteiger partial charge in [0.05, 0.1) is 32.8 Å². The summed E-state index contributed by atoms with van der Waals surface area (Å²) in [4.78, 5) is 26.9. The first kappa shape index (κ1) is 26.0. The van der Waals surface area contributed by atoms with Crippen LogP contribution in [0.5, 0.6) is 17.2 Å². The summed E-state index contributed by atoms with van der Waals surface area (Å²) in [6.07, 6.45) is 1.10. The topological polar surface area (TPSA) is 83.1 Å². The zero-order chi connectivity index (χ0) is 25.0. The van der Waals surface area contributed by atoms with Gasteiger partial charge < -0.3 is 24.3 Å². The number of nitrogens with one attached hydrogen (secondary N) is 1. The Kier molecular flexibility index (Phi) is 8.23. The van der Waals surface area contributed by atoms with Crippen molar-refractivity contribution in [1.29, 1.82) is 0 Å². The average Bonchev–Trinajstić information content (AvgIpc) is 2.78. The maximum atomic E-state index is 13.5. The van der Waals surface area contributed by atoms with E-state index < -0.39 is 11.9 Å². The first-order chi connectivity index (χ1) is 16.2. The number of ketones is 1. The number of carbonyl (C=O) groups excluding carboxylic acids is 2. The highest BCUT2D eigenvalue weighted by molar-refractivity contribution is 7.99. The summed E-state index contributed by atoms with van der Waals surface area (Å²) in [5.74, 6) is 1.95. The average molecular weight is 490 g/mol. The van der Waals surface area contributed by atoms with E-state index in [-0.39, 0.29) is 11.2 Å². The van der Waals surface area contributed by atoms with Gasteiger partial charge in [-0.15, -0.1) is 0 Å². The molecule has 0 amide bonds. The molecule has 1 atom stereocenters. The molecule has 2 aliphatic rings. The number of rotatable bonds is 9. The van der Waals surface area contributed by atoms with Crippen LogP contribution >= 0.6 is 11.8 Å². The van der Waals surface area contributed by atoms with Crippen molar-refractivity contribution in [2.75, 3.05) is 39.4 Å². The molecule has 1 N–H and O–H groups in total. The van der Waals surface area contributed by atoms with Gasteiger partial charge in [0.2, 0.25) is 5.75 Å². The fourth-order valence-electron chi connectivity index (χ4n) is 4.78. The number of methoxy groups -OCH3 is 3. The van der Waals surface area contributed by atoms with Crippen LogP contribution in [-0.2, 0) is 14.3 Å². The van der Waals surface area contributed by atoms with Gasteiger partial charge in [0.25, 0.3) is 0 Å². The highest BCUT2D eigenvalue weighted by Crippen LogP contribution is 2.51. The number of hydrogen-bond donors (Lipinski definition) is 1. The van der Waals surface area contributed by atoms with Crippen molar-refractivity contribution in [2.45, 2.75) is 46.5 Å². The standard InChI is InChI=1S/C26H35NO6S/c1-8-34-12-11-33-25(29)20-15(2)27-17-13-26(3,4)14-18(28)22(17)21(20)16-9-10-19(30-5)24(32-7)23(16)31-6/h9-10,21,27H,8,11-14H2,1-7H3. The molecule has 0 spiro atoms. The van der Waals surface area contributed by atoms with Crippen LogP contribution < -0.4 is 19.5 Å². The van der Waals surface area contributed by atoms with Crippen molar-refractivity contribution >= 4 is 23.5 Å². The number of thioether (sulfide) groups is 1. The minimum atomic E-state index is -0.638. The molecule has 1 unspecified atom stereocenters. The molecule has 0 saturated heterocycles. The number of benzene rings is 1. The molecule has 1 aromatic rings. The van der Waals surface area contributed by atoms with Crippen molar-refractivity contribution in [3.8, 4) is 17.2 Å². The Morgan fingerprint density at radius 1 is 1.12 bits per heavy atom. The summed E-state index contributed by atoms with van der Waals surface area (Å²) >= 11 is 1.71. The lowest BCUT2D eigenvalue weighted by Crippen LogP contribution is -2.38. The summed E-state index contributed by atoms with van der Waals surface area (Å²) in [6.45, 7) is 8.38. The van der Waals surface area contributed by atoms with Crippen LogP contribution in [0.15, 0.2) is 34.7 Å². The number of carbonyl (C=O) groups is 2. The lowest BCUT2D eigenvalue weighted by atomic mass is 9.68. The molecule has 1 heterocycles. The largest absolute Gasteiger partial charge is 0.493 e. The Morgan fingerprint density at radius 2 is 1.82 bits per heavy atom. The van der Waals surface area contributed by atoms with Gasteiger partial charge in [-0.25, -0.2) is 4.79 Å². The first-order valence-electron chi connectivity index (χ1n) is 11.5. The number of dihydropyridines is 1. The van der Waals surface area contributed by atoms with Gasteiger partial charge in [-0.1, -0.05) is 26.8 Å². The van der Waals surface area contributed by atoms with Gasteiger partial charge in [-0.05, 0) is 30.6 Å². The summed E-state index contributed by atoms with van der Waals surface area (Å²) in [5.41, 5.74) is 3.02. The van der Waals surface area contributed by atoms with Crippen molar-refractivity contribution in [2.24, 2.45) is 5.41 Å². The zero-order valence-electron chi connectivity index (χ0n) is 21.1. The summed E-state index contributed by atoms with van der Waals surface area (Å²) in [6, 6.07) is 3.60. The molecule has 8 heteroatoms. The Bertz CT molecular complexity index is 1030.